The number of alkyl carbamates (subject to hydrolysis) is 1. The molecule has 1 aromatic rings. The van der Waals surface area contributed by atoms with Crippen LogP contribution in [0.2, 0.25) is 0 Å². The van der Waals surface area contributed by atoms with Gasteiger partial charge in [0.15, 0.2) is 0 Å². The maximum atomic E-state index is 13.7. The van der Waals surface area contributed by atoms with Crippen LogP contribution in [0.5, 0.6) is 5.75 Å². The van der Waals surface area contributed by atoms with E-state index in [0.29, 0.717) is 5.56 Å². The number of benzene rings is 1. The number of nitrogens with zero attached hydrogens (tertiary/aromatic N) is 1. The zero-order chi connectivity index (χ0) is 27.8. The molecule has 10 nitrogen and oxygen atoms in total. The van der Waals surface area contributed by atoms with Crippen molar-refractivity contribution in [3.05, 3.63) is 29.3 Å². The van der Waals surface area contributed by atoms with E-state index in [1.54, 1.807) is 73.6 Å². The molecule has 3 amide bonds. The van der Waals surface area contributed by atoms with Gasteiger partial charge in [0.05, 0.1) is 13.0 Å². The van der Waals surface area contributed by atoms with Gasteiger partial charge in [-0.25, -0.2) is 4.79 Å². The van der Waals surface area contributed by atoms with Gasteiger partial charge < -0.3 is 30.1 Å². The first kappa shape index (κ1) is 30.7. The summed E-state index contributed by atoms with van der Waals surface area (Å²) in [5, 5.41) is 16.0. The Bertz CT molecular complexity index is 948. The number of carbonyl (C=O) groups excluding carboxylic acids is 4. The van der Waals surface area contributed by atoms with Gasteiger partial charge in [0.1, 0.15) is 23.4 Å². The topological polar surface area (TPSA) is 134 Å². The molecular formula is C26H41N3O7. The first-order valence-corrected chi connectivity index (χ1v) is 12.0. The maximum absolute atomic E-state index is 13.7. The number of hydrogen-bond acceptors (Lipinski definition) is 7. The molecule has 2 unspecified atom stereocenters. The van der Waals surface area contributed by atoms with Gasteiger partial charge >= 0.3 is 12.1 Å². The molecule has 202 valence electrons. The normalized spacial score (nSPS) is 13.2. The third kappa shape index (κ3) is 9.05. The molecule has 0 saturated heterocycles. The number of hydrogen-bond donors (Lipinski definition) is 3. The quantitative estimate of drug-likeness (QED) is 0.436. The van der Waals surface area contributed by atoms with E-state index in [0.717, 1.165) is 0 Å². The fraction of sp³-hybridized carbons (Fsp3) is 0.615. The fourth-order valence-electron chi connectivity index (χ4n) is 3.52. The lowest BCUT2D eigenvalue weighted by molar-refractivity contribution is -0.148. The number of aromatic hydroxyl groups is 1. The predicted molar refractivity (Wildman–Crippen MR) is 135 cm³/mol. The molecule has 2 atom stereocenters. The number of aryl methyl sites for hydroxylation is 1. The van der Waals surface area contributed by atoms with Crippen molar-refractivity contribution in [1.82, 2.24) is 15.5 Å². The molecule has 3 N–H and O–H groups in total. The molecule has 0 saturated carbocycles. The largest absolute Gasteiger partial charge is 0.507 e. The highest BCUT2D eigenvalue weighted by Gasteiger charge is 2.41. The van der Waals surface area contributed by atoms with Crippen LogP contribution in [0.25, 0.3) is 0 Å². The monoisotopic (exact) mass is 507 g/mol. The molecule has 0 aliphatic carbocycles. The Morgan fingerprint density at radius 3 is 2.22 bits per heavy atom. The van der Waals surface area contributed by atoms with Crippen LogP contribution >= 0.6 is 0 Å². The van der Waals surface area contributed by atoms with Gasteiger partial charge in [0, 0.05) is 17.6 Å². The van der Waals surface area contributed by atoms with E-state index < -0.39 is 47.1 Å². The Kier molecular flexibility index (Phi) is 10.8. The number of phenolic OH excluding ortho intramolecular Hbond substituents is 1. The first-order chi connectivity index (χ1) is 16.5. The number of rotatable bonds is 9. The molecule has 0 spiro atoms. The van der Waals surface area contributed by atoms with Gasteiger partial charge in [-0.3, -0.25) is 14.4 Å². The average molecular weight is 508 g/mol. The molecular weight excluding hydrogens is 466 g/mol. The lowest BCUT2D eigenvalue weighted by Gasteiger charge is -2.42. The van der Waals surface area contributed by atoms with Gasteiger partial charge in [-0.2, -0.15) is 0 Å². The molecule has 0 aromatic heterocycles. The number of amides is 3. The second-order valence-corrected chi connectivity index (χ2v) is 10.5. The van der Waals surface area contributed by atoms with E-state index in [1.165, 1.54) is 11.8 Å². The third-order valence-electron chi connectivity index (χ3n) is 5.07. The summed E-state index contributed by atoms with van der Waals surface area (Å²) < 4.78 is 10.2. The van der Waals surface area contributed by atoms with Crippen LogP contribution < -0.4 is 10.6 Å². The van der Waals surface area contributed by atoms with Crippen LogP contribution in [-0.2, 0) is 23.9 Å². The van der Waals surface area contributed by atoms with Crippen molar-refractivity contribution in [1.29, 1.82) is 0 Å². The van der Waals surface area contributed by atoms with Crippen LogP contribution in [0.1, 0.15) is 79.0 Å². The summed E-state index contributed by atoms with van der Waals surface area (Å²) in [6, 6.07) is 2.64. The van der Waals surface area contributed by atoms with Crippen LogP contribution in [0.3, 0.4) is 0 Å². The van der Waals surface area contributed by atoms with Crippen molar-refractivity contribution in [2.45, 2.75) is 92.0 Å². The number of phenols is 1. The van der Waals surface area contributed by atoms with Crippen LogP contribution in [0.4, 0.5) is 4.79 Å². The summed E-state index contributed by atoms with van der Waals surface area (Å²) in [6.45, 7) is 15.4. The molecule has 0 bridgehead atoms. The Balaban J connectivity index is 3.39. The highest BCUT2D eigenvalue weighted by atomic mass is 16.6. The van der Waals surface area contributed by atoms with Crippen molar-refractivity contribution in [3.8, 4) is 5.75 Å². The van der Waals surface area contributed by atoms with Gasteiger partial charge in [0.25, 0.3) is 0 Å². The predicted octanol–water partition coefficient (Wildman–Crippen LogP) is 3.35. The van der Waals surface area contributed by atoms with Crippen LogP contribution in [0, 0.1) is 6.92 Å². The Morgan fingerprint density at radius 1 is 1.08 bits per heavy atom. The highest BCUT2D eigenvalue weighted by Crippen LogP contribution is 2.36. The highest BCUT2D eigenvalue weighted by molar-refractivity contribution is 5.93. The lowest BCUT2D eigenvalue weighted by atomic mass is 9.94. The van der Waals surface area contributed by atoms with Gasteiger partial charge in [0.2, 0.25) is 11.8 Å². The first-order valence-electron chi connectivity index (χ1n) is 12.0. The third-order valence-corrected chi connectivity index (χ3v) is 5.07. The summed E-state index contributed by atoms with van der Waals surface area (Å²) in [5.74, 6) is -1.74. The smallest absolute Gasteiger partial charge is 0.408 e. The molecule has 10 heteroatoms. The maximum Gasteiger partial charge on any atom is 0.408 e. The summed E-state index contributed by atoms with van der Waals surface area (Å²) in [6.07, 6.45) is -0.822. The van der Waals surface area contributed by atoms with Crippen molar-refractivity contribution in [2.75, 3.05) is 13.2 Å². The molecule has 0 radical (unpaired) electrons. The molecule has 1 rings (SSSR count). The van der Waals surface area contributed by atoms with Gasteiger partial charge in [-0.05, 0) is 67.9 Å². The van der Waals surface area contributed by atoms with E-state index in [9.17, 15) is 24.3 Å². The molecule has 36 heavy (non-hydrogen) atoms. The minimum Gasteiger partial charge on any atom is -0.507 e. The molecule has 0 aliphatic heterocycles. The second kappa shape index (κ2) is 12.6. The van der Waals surface area contributed by atoms with Crippen molar-refractivity contribution >= 4 is 23.9 Å². The summed E-state index contributed by atoms with van der Waals surface area (Å²) in [4.78, 5) is 52.5. The minimum atomic E-state index is -1.25. The van der Waals surface area contributed by atoms with Crippen molar-refractivity contribution in [3.63, 3.8) is 0 Å². The summed E-state index contributed by atoms with van der Waals surface area (Å²) >= 11 is 0. The van der Waals surface area contributed by atoms with Gasteiger partial charge in [-0.1, -0.05) is 18.2 Å². The number of para-hydroxylation sites is 1. The summed E-state index contributed by atoms with van der Waals surface area (Å²) in [5.41, 5.74) is -0.916. The van der Waals surface area contributed by atoms with Crippen molar-refractivity contribution < 1.29 is 33.8 Å². The zero-order valence-corrected chi connectivity index (χ0v) is 22.9. The molecule has 0 fully saturated rings. The number of esters is 1. The number of carbonyl (C=O) groups is 4. The number of nitrogens with one attached hydrogen (secondary N) is 2. The van der Waals surface area contributed by atoms with E-state index in [-0.39, 0.29) is 30.9 Å². The Labute approximate surface area is 213 Å². The zero-order valence-electron chi connectivity index (χ0n) is 22.9. The van der Waals surface area contributed by atoms with E-state index in [2.05, 4.69) is 10.6 Å². The van der Waals surface area contributed by atoms with E-state index in [4.69, 9.17) is 9.47 Å². The Morgan fingerprint density at radius 2 is 1.69 bits per heavy atom. The minimum absolute atomic E-state index is 0.0152. The van der Waals surface area contributed by atoms with Crippen molar-refractivity contribution in [2.24, 2.45) is 0 Å². The van der Waals surface area contributed by atoms with E-state index in [1.807, 2.05) is 0 Å². The molecule has 0 heterocycles. The second-order valence-electron chi connectivity index (χ2n) is 10.5. The fourth-order valence-corrected chi connectivity index (χ4v) is 3.52. The van der Waals surface area contributed by atoms with E-state index >= 15 is 0 Å². The summed E-state index contributed by atoms with van der Waals surface area (Å²) in [7, 11) is 0. The van der Waals surface area contributed by atoms with Crippen LogP contribution in [0.15, 0.2) is 18.2 Å². The van der Waals surface area contributed by atoms with Crippen LogP contribution in [-0.4, -0.2) is 64.2 Å². The molecule has 1 aromatic carbocycles. The standard InChI is InChI=1S/C26H41N3O7/c1-10-35-19(30)14-15-27-22(32)20(18-13-11-12-16(2)21(18)31)29(25(4,5)6)23(33)17(3)28-24(34)36-26(7,8)9/h11-13,17,20,31H,10,14-15H2,1-9H3,(H,27,32)(H,28,34). The Hall–Kier alpha value is -3.30. The SMILES string of the molecule is CCOC(=O)CCNC(=O)C(c1cccc(C)c1O)N(C(=O)C(C)NC(=O)OC(C)(C)C)C(C)(C)C. The van der Waals surface area contributed by atoms with Gasteiger partial charge in [-0.15, -0.1) is 0 Å². The number of ether oxygens (including phenoxy) is 2. The average Bonchev–Trinajstić information content (AvgIpc) is 2.71. The lowest BCUT2D eigenvalue weighted by Crippen LogP contribution is -2.58. The molecule has 0 aliphatic rings.